The predicted molar refractivity (Wildman–Crippen MR) is 79.9 cm³/mol. The van der Waals surface area contributed by atoms with Crippen molar-refractivity contribution in [1.29, 1.82) is 0 Å². The van der Waals surface area contributed by atoms with Crippen molar-refractivity contribution in [3.8, 4) is 0 Å². The van der Waals surface area contributed by atoms with E-state index < -0.39 is 16.8 Å². The molecule has 126 valence electrons. The Morgan fingerprint density at radius 2 is 2.13 bits per heavy atom. The standard InChI is InChI=1S/C14H20N4O5/c1-9-13(18(22)23)10(2)17(15-9)7-5-12(19)16-6-3-4-11(8-16)14(20)21/h11H,3-8H2,1-2H3,(H,20,21)/t11-/m0/s1. The lowest BCUT2D eigenvalue weighted by Gasteiger charge is -2.30. The van der Waals surface area contributed by atoms with Gasteiger partial charge in [-0.15, -0.1) is 0 Å². The van der Waals surface area contributed by atoms with Gasteiger partial charge in [0.25, 0.3) is 0 Å². The van der Waals surface area contributed by atoms with E-state index in [-0.39, 0.29) is 31.1 Å². The molecule has 1 atom stereocenters. The molecule has 23 heavy (non-hydrogen) atoms. The van der Waals surface area contributed by atoms with Gasteiger partial charge in [0.15, 0.2) is 0 Å². The van der Waals surface area contributed by atoms with Crippen LogP contribution in [0.2, 0.25) is 0 Å². The van der Waals surface area contributed by atoms with E-state index in [0.717, 1.165) is 0 Å². The lowest BCUT2D eigenvalue weighted by Crippen LogP contribution is -2.42. The number of nitro groups is 1. The third-order valence-corrected chi connectivity index (χ3v) is 4.19. The minimum atomic E-state index is -0.878. The number of carbonyl (C=O) groups is 2. The zero-order valence-corrected chi connectivity index (χ0v) is 13.2. The summed E-state index contributed by atoms with van der Waals surface area (Å²) in [7, 11) is 0. The maximum atomic E-state index is 12.2. The summed E-state index contributed by atoms with van der Waals surface area (Å²) in [4.78, 5) is 35.3. The highest BCUT2D eigenvalue weighted by atomic mass is 16.6. The molecule has 2 heterocycles. The molecule has 9 heteroatoms. The number of carboxylic acids is 1. The fraction of sp³-hybridized carbons (Fsp3) is 0.643. The third kappa shape index (κ3) is 3.66. The number of nitrogens with zero attached hydrogens (tertiary/aromatic N) is 4. The molecule has 1 N–H and O–H groups in total. The van der Waals surface area contributed by atoms with Crippen LogP contribution in [0.15, 0.2) is 0 Å². The van der Waals surface area contributed by atoms with Gasteiger partial charge >= 0.3 is 11.7 Å². The molecule has 0 spiro atoms. The lowest BCUT2D eigenvalue weighted by molar-refractivity contribution is -0.386. The highest BCUT2D eigenvalue weighted by Crippen LogP contribution is 2.22. The molecule has 1 fully saturated rings. The minimum Gasteiger partial charge on any atom is -0.481 e. The van der Waals surface area contributed by atoms with E-state index in [1.165, 1.54) is 4.68 Å². The second-order valence-electron chi connectivity index (χ2n) is 5.77. The van der Waals surface area contributed by atoms with E-state index in [0.29, 0.717) is 30.8 Å². The molecule has 9 nitrogen and oxygen atoms in total. The van der Waals surface area contributed by atoms with Gasteiger partial charge in [-0.05, 0) is 26.7 Å². The molecule has 1 aliphatic heterocycles. The zero-order chi connectivity index (χ0) is 17.1. The Hall–Kier alpha value is -2.45. The molecular formula is C14H20N4O5. The number of carboxylic acid groups (broad SMARTS) is 1. The van der Waals surface area contributed by atoms with Gasteiger partial charge in [0.2, 0.25) is 5.91 Å². The summed E-state index contributed by atoms with van der Waals surface area (Å²) in [5, 5.41) is 24.1. The second kappa shape index (κ2) is 6.76. The van der Waals surface area contributed by atoms with E-state index in [1.54, 1.807) is 18.7 Å². The number of amides is 1. The first-order valence-electron chi connectivity index (χ1n) is 7.50. The highest BCUT2D eigenvalue weighted by Gasteiger charge is 2.28. The molecule has 0 unspecified atom stereocenters. The van der Waals surface area contributed by atoms with Crippen LogP contribution in [-0.4, -0.2) is 49.7 Å². The smallest absolute Gasteiger partial charge is 0.312 e. The summed E-state index contributed by atoms with van der Waals surface area (Å²) < 4.78 is 1.46. The lowest BCUT2D eigenvalue weighted by atomic mass is 9.98. The van der Waals surface area contributed by atoms with Crippen LogP contribution in [-0.2, 0) is 16.1 Å². The quantitative estimate of drug-likeness (QED) is 0.640. The fourth-order valence-corrected chi connectivity index (χ4v) is 2.93. The Morgan fingerprint density at radius 1 is 1.43 bits per heavy atom. The summed E-state index contributed by atoms with van der Waals surface area (Å²) in [6, 6.07) is 0. The molecule has 0 saturated carbocycles. The molecule has 1 aliphatic rings. The van der Waals surface area contributed by atoms with Gasteiger partial charge in [-0.3, -0.25) is 24.4 Å². The number of aromatic nitrogens is 2. The van der Waals surface area contributed by atoms with Gasteiger partial charge in [-0.1, -0.05) is 0 Å². The van der Waals surface area contributed by atoms with Crippen molar-refractivity contribution in [2.24, 2.45) is 5.92 Å². The van der Waals surface area contributed by atoms with Crippen LogP contribution >= 0.6 is 0 Å². The van der Waals surface area contributed by atoms with Crippen molar-refractivity contribution >= 4 is 17.6 Å². The number of aryl methyl sites for hydroxylation is 2. The maximum Gasteiger partial charge on any atom is 0.312 e. The Morgan fingerprint density at radius 3 is 2.70 bits per heavy atom. The van der Waals surface area contributed by atoms with Crippen molar-refractivity contribution in [2.45, 2.75) is 39.7 Å². The van der Waals surface area contributed by atoms with E-state index in [1.807, 2.05) is 0 Å². The Balaban J connectivity index is 1.98. The van der Waals surface area contributed by atoms with Gasteiger partial charge in [0.05, 0.1) is 17.4 Å². The van der Waals surface area contributed by atoms with Gasteiger partial charge < -0.3 is 10.0 Å². The van der Waals surface area contributed by atoms with Crippen molar-refractivity contribution < 1.29 is 19.6 Å². The van der Waals surface area contributed by atoms with Gasteiger partial charge in [0, 0.05) is 19.5 Å². The predicted octanol–water partition coefficient (Wildman–Crippen LogP) is 1.12. The van der Waals surface area contributed by atoms with Gasteiger partial charge in [-0.25, -0.2) is 0 Å². The van der Waals surface area contributed by atoms with E-state index in [4.69, 9.17) is 5.11 Å². The summed E-state index contributed by atoms with van der Waals surface area (Å²) >= 11 is 0. The minimum absolute atomic E-state index is 0.0265. The third-order valence-electron chi connectivity index (χ3n) is 4.19. The Bertz CT molecular complexity index is 639. The van der Waals surface area contributed by atoms with Crippen LogP contribution < -0.4 is 0 Å². The number of rotatable bonds is 5. The van der Waals surface area contributed by atoms with E-state index in [9.17, 15) is 19.7 Å². The van der Waals surface area contributed by atoms with Crippen LogP contribution in [0.1, 0.15) is 30.7 Å². The molecule has 0 radical (unpaired) electrons. The van der Waals surface area contributed by atoms with Crippen LogP contribution in [0.5, 0.6) is 0 Å². The number of carbonyl (C=O) groups excluding carboxylic acids is 1. The van der Waals surface area contributed by atoms with Gasteiger partial charge in [0.1, 0.15) is 11.4 Å². The maximum absolute atomic E-state index is 12.2. The van der Waals surface area contributed by atoms with E-state index >= 15 is 0 Å². The summed E-state index contributed by atoms with van der Waals surface area (Å²) in [6.45, 7) is 4.19. The summed E-state index contributed by atoms with van der Waals surface area (Å²) in [5.74, 6) is -1.54. The van der Waals surface area contributed by atoms with Crippen molar-refractivity contribution in [2.75, 3.05) is 13.1 Å². The molecule has 2 rings (SSSR count). The molecule has 1 aromatic heterocycles. The molecule has 0 aliphatic carbocycles. The monoisotopic (exact) mass is 324 g/mol. The number of likely N-dealkylation sites (tertiary alicyclic amines) is 1. The van der Waals surface area contributed by atoms with Crippen LogP contribution in [0.3, 0.4) is 0 Å². The van der Waals surface area contributed by atoms with Crippen molar-refractivity contribution in [1.82, 2.24) is 14.7 Å². The average molecular weight is 324 g/mol. The number of aliphatic carboxylic acids is 1. The molecule has 1 amide bonds. The van der Waals surface area contributed by atoms with Crippen LogP contribution in [0, 0.1) is 29.9 Å². The number of piperidine rings is 1. The first-order chi connectivity index (χ1) is 10.8. The molecule has 1 saturated heterocycles. The number of hydrogen-bond acceptors (Lipinski definition) is 5. The summed E-state index contributed by atoms with van der Waals surface area (Å²) in [5.41, 5.74) is 0.715. The van der Waals surface area contributed by atoms with Crippen molar-refractivity contribution in [3.63, 3.8) is 0 Å². The largest absolute Gasteiger partial charge is 0.481 e. The van der Waals surface area contributed by atoms with Crippen LogP contribution in [0.25, 0.3) is 0 Å². The number of hydrogen-bond donors (Lipinski definition) is 1. The summed E-state index contributed by atoms with van der Waals surface area (Å²) in [6.07, 6.45) is 1.41. The normalized spacial score (nSPS) is 18.0. The highest BCUT2D eigenvalue weighted by molar-refractivity contribution is 5.78. The topological polar surface area (TPSA) is 119 Å². The van der Waals surface area contributed by atoms with Crippen molar-refractivity contribution in [3.05, 3.63) is 21.5 Å². The Labute approximate surface area is 133 Å². The molecule has 1 aromatic rings. The molecular weight excluding hydrogens is 304 g/mol. The van der Waals surface area contributed by atoms with Gasteiger partial charge in [-0.2, -0.15) is 5.10 Å². The van der Waals surface area contributed by atoms with E-state index in [2.05, 4.69) is 5.10 Å². The average Bonchev–Trinajstić information content (AvgIpc) is 2.79. The van der Waals surface area contributed by atoms with Crippen LogP contribution in [0.4, 0.5) is 5.69 Å². The zero-order valence-electron chi connectivity index (χ0n) is 13.2. The first-order valence-corrected chi connectivity index (χ1v) is 7.50. The Kier molecular flexibility index (Phi) is 4.97. The second-order valence-corrected chi connectivity index (χ2v) is 5.77. The fourth-order valence-electron chi connectivity index (χ4n) is 2.93. The SMILES string of the molecule is Cc1nn(CCC(=O)N2CCC[C@H](C(=O)O)C2)c(C)c1[N+](=O)[O-]. The molecule has 0 aromatic carbocycles. The first kappa shape index (κ1) is 16.9. The molecule has 0 bridgehead atoms.